The minimum Gasteiger partial charge on any atom is -0.461 e. The molecular formula is C13H14ClFN4O2. The SMILES string of the molecule is CCOC(=O)c1nnn(Cc2ccc(Cl)cc2F)c1CN. The third-order valence-electron chi connectivity index (χ3n) is 2.83. The number of halogens is 2. The van der Waals surface area contributed by atoms with E-state index in [0.29, 0.717) is 16.3 Å². The summed E-state index contributed by atoms with van der Waals surface area (Å²) in [7, 11) is 0. The summed E-state index contributed by atoms with van der Waals surface area (Å²) in [5.74, 6) is -1.06. The topological polar surface area (TPSA) is 83.0 Å². The number of ether oxygens (including phenoxy) is 1. The number of nitrogens with two attached hydrogens (primary N) is 1. The van der Waals surface area contributed by atoms with Crippen LogP contribution in [-0.2, 0) is 17.8 Å². The predicted octanol–water partition coefficient (Wildman–Crippen LogP) is 1.75. The number of carbonyl (C=O) groups is 1. The molecule has 0 radical (unpaired) electrons. The van der Waals surface area contributed by atoms with Crippen LogP contribution in [0.5, 0.6) is 0 Å². The van der Waals surface area contributed by atoms with Crippen LogP contribution in [0.2, 0.25) is 5.02 Å². The van der Waals surface area contributed by atoms with Gasteiger partial charge in [0.1, 0.15) is 5.82 Å². The summed E-state index contributed by atoms with van der Waals surface area (Å²) < 4.78 is 20.0. The lowest BCUT2D eigenvalue weighted by molar-refractivity contribution is 0.0518. The molecule has 6 nitrogen and oxygen atoms in total. The summed E-state index contributed by atoms with van der Waals surface area (Å²) >= 11 is 5.70. The van der Waals surface area contributed by atoms with Gasteiger partial charge in [-0.1, -0.05) is 22.9 Å². The van der Waals surface area contributed by atoms with Gasteiger partial charge in [0.2, 0.25) is 0 Å². The molecule has 2 N–H and O–H groups in total. The van der Waals surface area contributed by atoms with Crippen LogP contribution in [0.25, 0.3) is 0 Å². The molecule has 0 spiro atoms. The normalized spacial score (nSPS) is 10.7. The van der Waals surface area contributed by atoms with E-state index >= 15 is 0 Å². The van der Waals surface area contributed by atoms with Crippen LogP contribution in [0.1, 0.15) is 28.7 Å². The Bertz CT molecular complexity index is 660. The van der Waals surface area contributed by atoms with Crippen molar-refractivity contribution in [2.45, 2.75) is 20.0 Å². The van der Waals surface area contributed by atoms with Gasteiger partial charge in [-0.2, -0.15) is 0 Å². The molecule has 0 atom stereocenters. The molecule has 0 fully saturated rings. The molecule has 2 aromatic rings. The Kier molecular flexibility index (Phi) is 4.87. The molecule has 21 heavy (non-hydrogen) atoms. The zero-order valence-corrected chi connectivity index (χ0v) is 12.1. The Morgan fingerprint density at radius 2 is 2.29 bits per heavy atom. The van der Waals surface area contributed by atoms with E-state index in [0.717, 1.165) is 0 Å². The summed E-state index contributed by atoms with van der Waals surface area (Å²) in [5.41, 5.74) is 6.43. The second-order valence-corrected chi connectivity index (χ2v) is 4.64. The molecule has 0 saturated heterocycles. The molecule has 1 aromatic carbocycles. The van der Waals surface area contributed by atoms with Crippen LogP contribution in [0.4, 0.5) is 4.39 Å². The van der Waals surface area contributed by atoms with Crippen molar-refractivity contribution in [3.05, 3.63) is 46.0 Å². The summed E-state index contributed by atoms with van der Waals surface area (Å²) in [6, 6.07) is 4.33. The van der Waals surface area contributed by atoms with E-state index in [1.807, 2.05) is 0 Å². The molecule has 0 aliphatic carbocycles. The zero-order chi connectivity index (χ0) is 15.4. The largest absolute Gasteiger partial charge is 0.461 e. The highest BCUT2D eigenvalue weighted by Gasteiger charge is 2.20. The second kappa shape index (κ2) is 6.64. The Labute approximate surface area is 125 Å². The maximum Gasteiger partial charge on any atom is 0.360 e. The van der Waals surface area contributed by atoms with Crippen molar-refractivity contribution in [3.63, 3.8) is 0 Å². The van der Waals surface area contributed by atoms with Crippen LogP contribution < -0.4 is 5.73 Å². The molecule has 0 unspecified atom stereocenters. The molecule has 1 heterocycles. The first-order chi connectivity index (χ1) is 10.1. The Hall–Kier alpha value is -1.99. The zero-order valence-electron chi connectivity index (χ0n) is 11.3. The van der Waals surface area contributed by atoms with Gasteiger partial charge >= 0.3 is 5.97 Å². The van der Waals surface area contributed by atoms with E-state index in [1.54, 1.807) is 19.1 Å². The van der Waals surface area contributed by atoms with Crippen molar-refractivity contribution in [1.82, 2.24) is 15.0 Å². The lowest BCUT2D eigenvalue weighted by atomic mass is 10.2. The van der Waals surface area contributed by atoms with Gasteiger partial charge in [0.15, 0.2) is 5.69 Å². The molecule has 2 rings (SSSR count). The summed E-state index contributed by atoms with van der Waals surface area (Å²) in [6.45, 7) is 2.05. The maximum absolute atomic E-state index is 13.8. The number of benzene rings is 1. The average molecular weight is 313 g/mol. The molecule has 112 valence electrons. The Morgan fingerprint density at radius 3 is 2.90 bits per heavy atom. The predicted molar refractivity (Wildman–Crippen MR) is 74.4 cm³/mol. The van der Waals surface area contributed by atoms with Gasteiger partial charge in [0, 0.05) is 17.1 Å². The van der Waals surface area contributed by atoms with E-state index in [9.17, 15) is 9.18 Å². The molecule has 0 aliphatic heterocycles. The van der Waals surface area contributed by atoms with Crippen molar-refractivity contribution in [2.24, 2.45) is 5.73 Å². The minimum atomic E-state index is -0.597. The number of nitrogens with zero attached hydrogens (tertiary/aromatic N) is 3. The van der Waals surface area contributed by atoms with E-state index in [2.05, 4.69) is 10.3 Å². The van der Waals surface area contributed by atoms with E-state index in [1.165, 1.54) is 10.7 Å². The summed E-state index contributed by atoms with van der Waals surface area (Å²) in [5, 5.41) is 7.90. The lowest BCUT2D eigenvalue weighted by Gasteiger charge is -2.07. The fourth-order valence-electron chi connectivity index (χ4n) is 1.83. The highest BCUT2D eigenvalue weighted by Crippen LogP contribution is 2.17. The fourth-order valence-corrected chi connectivity index (χ4v) is 1.99. The lowest BCUT2D eigenvalue weighted by Crippen LogP contribution is -2.15. The third kappa shape index (κ3) is 3.37. The monoisotopic (exact) mass is 312 g/mol. The van der Waals surface area contributed by atoms with E-state index < -0.39 is 11.8 Å². The molecule has 8 heteroatoms. The van der Waals surface area contributed by atoms with Crippen LogP contribution in [0.3, 0.4) is 0 Å². The summed E-state index contributed by atoms with van der Waals surface area (Å²) in [6.07, 6.45) is 0. The second-order valence-electron chi connectivity index (χ2n) is 4.20. The van der Waals surface area contributed by atoms with Gasteiger partial charge in [0.05, 0.1) is 18.8 Å². The van der Waals surface area contributed by atoms with Crippen molar-refractivity contribution >= 4 is 17.6 Å². The quantitative estimate of drug-likeness (QED) is 0.850. The van der Waals surface area contributed by atoms with Crippen molar-refractivity contribution in [2.75, 3.05) is 6.61 Å². The Morgan fingerprint density at radius 1 is 1.52 bits per heavy atom. The van der Waals surface area contributed by atoms with Crippen LogP contribution in [0.15, 0.2) is 18.2 Å². The Balaban J connectivity index is 2.30. The number of aromatic nitrogens is 3. The van der Waals surface area contributed by atoms with Crippen LogP contribution >= 0.6 is 11.6 Å². The first-order valence-electron chi connectivity index (χ1n) is 6.30. The molecule has 0 bridgehead atoms. The molecule has 0 aliphatic rings. The first kappa shape index (κ1) is 15.4. The number of rotatable bonds is 5. The standard InChI is InChI=1S/C13H14ClFN4O2/c1-2-21-13(20)12-11(6-16)19(18-17-12)7-8-3-4-9(14)5-10(8)15/h3-5H,2,6-7,16H2,1H3. The average Bonchev–Trinajstić information content (AvgIpc) is 2.85. The third-order valence-corrected chi connectivity index (χ3v) is 3.07. The minimum absolute atomic E-state index is 0.0381. The van der Waals surface area contributed by atoms with Crippen molar-refractivity contribution in [1.29, 1.82) is 0 Å². The molecule has 0 amide bonds. The number of esters is 1. The van der Waals surface area contributed by atoms with Gasteiger partial charge in [0.25, 0.3) is 0 Å². The summed E-state index contributed by atoms with van der Waals surface area (Å²) in [4.78, 5) is 11.7. The van der Waals surface area contributed by atoms with Crippen LogP contribution in [-0.4, -0.2) is 27.6 Å². The van der Waals surface area contributed by atoms with Gasteiger partial charge in [-0.05, 0) is 19.1 Å². The number of hydrogen-bond donors (Lipinski definition) is 1. The highest BCUT2D eigenvalue weighted by atomic mass is 35.5. The maximum atomic E-state index is 13.8. The van der Waals surface area contributed by atoms with E-state index in [-0.39, 0.29) is 25.4 Å². The van der Waals surface area contributed by atoms with Crippen molar-refractivity contribution < 1.29 is 13.9 Å². The van der Waals surface area contributed by atoms with Crippen molar-refractivity contribution in [3.8, 4) is 0 Å². The van der Waals surface area contributed by atoms with Crippen LogP contribution in [0, 0.1) is 5.82 Å². The molecule has 1 aromatic heterocycles. The smallest absolute Gasteiger partial charge is 0.360 e. The van der Waals surface area contributed by atoms with Gasteiger partial charge in [-0.15, -0.1) is 5.10 Å². The highest BCUT2D eigenvalue weighted by molar-refractivity contribution is 6.30. The van der Waals surface area contributed by atoms with Gasteiger partial charge in [-0.3, -0.25) is 0 Å². The fraction of sp³-hybridized carbons (Fsp3) is 0.308. The van der Waals surface area contributed by atoms with Gasteiger partial charge < -0.3 is 10.5 Å². The number of hydrogen-bond acceptors (Lipinski definition) is 5. The van der Waals surface area contributed by atoms with E-state index in [4.69, 9.17) is 22.1 Å². The molecular weight excluding hydrogens is 299 g/mol. The molecule has 0 saturated carbocycles. The first-order valence-corrected chi connectivity index (χ1v) is 6.68. The number of carbonyl (C=O) groups excluding carboxylic acids is 1. The van der Waals surface area contributed by atoms with Gasteiger partial charge in [-0.25, -0.2) is 13.9 Å².